The summed E-state index contributed by atoms with van der Waals surface area (Å²) in [6.45, 7) is 1.10. The van der Waals surface area contributed by atoms with E-state index in [-0.39, 0.29) is 36.8 Å². The highest BCUT2D eigenvalue weighted by Gasteiger charge is 2.63. The van der Waals surface area contributed by atoms with E-state index in [1.54, 1.807) is 0 Å². The first-order valence-electron chi connectivity index (χ1n) is 10.2. The van der Waals surface area contributed by atoms with Crippen LogP contribution in [0.1, 0.15) is 49.4 Å². The minimum atomic E-state index is -5.82. The van der Waals surface area contributed by atoms with Gasteiger partial charge in [0.1, 0.15) is 5.56 Å². The lowest BCUT2D eigenvalue weighted by Gasteiger charge is -2.37. The number of fused-ring (bicyclic) bond motifs is 1. The van der Waals surface area contributed by atoms with Crippen molar-refractivity contribution < 1.29 is 31.4 Å². The Morgan fingerprint density at radius 2 is 1.78 bits per heavy atom. The minimum absolute atomic E-state index is 0.0474. The average Bonchev–Trinajstić information content (AvgIpc) is 3.41. The Morgan fingerprint density at radius 1 is 1.16 bits per heavy atom. The molecule has 1 aliphatic heterocycles. The Balaban J connectivity index is 1.69. The fraction of sp³-hybridized carbons (Fsp3) is 0.684. The maximum atomic E-state index is 15.2. The molecule has 0 aromatic carbocycles. The van der Waals surface area contributed by atoms with Crippen LogP contribution in [0.15, 0.2) is 15.4 Å². The fourth-order valence-electron chi connectivity index (χ4n) is 4.89. The van der Waals surface area contributed by atoms with Gasteiger partial charge in [0.25, 0.3) is 5.56 Å². The van der Waals surface area contributed by atoms with E-state index in [4.69, 9.17) is 5.73 Å². The maximum Gasteiger partial charge on any atom is 0.454 e. The number of aromatic nitrogens is 2. The highest BCUT2D eigenvalue weighted by atomic mass is 19.4. The number of H-pyrrole nitrogens is 1. The van der Waals surface area contributed by atoms with Gasteiger partial charge in [-0.1, -0.05) is 6.92 Å². The van der Waals surface area contributed by atoms with Gasteiger partial charge < -0.3 is 10.8 Å². The van der Waals surface area contributed by atoms with Crippen molar-refractivity contribution in [3.05, 3.63) is 37.9 Å². The van der Waals surface area contributed by atoms with Crippen molar-refractivity contribution in [3.63, 3.8) is 0 Å². The Morgan fingerprint density at radius 3 is 2.34 bits per heavy atom. The molecule has 0 spiro atoms. The quantitative estimate of drug-likeness (QED) is 0.589. The lowest BCUT2D eigenvalue weighted by atomic mass is 9.85. The average molecular weight is 468 g/mol. The number of nitrogens with one attached hydrogen (secondary N) is 1. The molecule has 1 saturated carbocycles. The molecule has 178 valence electrons. The molecule has 32 heavy (non-hydrogen) atoms. The van der Waals surface area contributed by atoms with Crippen LogP contribution < -0.4 is 17.0 Å². The molecule has 4 N–H and O–H groups in total. The monoisotopic (exact) mass is 468 g/mol. The van der Waals surface area contributed by atoms with Gasteiger partial charge in [0.15, 0.2) is 11.6 Å². The van der Waals surface area contributed by atoms with Gasteiger partial charge in [0.05, 0.1) is 12.1 Å². The predicted octanol–water partition coefficient (Wildman–Crippen LogP) is 2.40. The fourth-order valence-corrected chi connectivity index (χ4v) is 4.89. The number of hydrogen-bond acceptors (Lipinski definition) is 5. The maximum absolute atomic E-state index is 15.2. The zero-order chi connectivity index (χ0) is 23.7. The molecule has 4 unspecified atom stereocenters. The van der Waals surface area contributed by atoms with Crippen LogP contribution in [0, 0.1) is 5.92 Å². The molecule has 13 heteroatoms. The smallest absolute Gasteiger partial charge is 0.454 e. The molecule has 1 aromatic heterocycles. The van der Waals surface area contributed by atoms with Gasteiger partial charge in [0, 0.05) is 24.2 Å². The number of nitrogens with two attached hydrogens (primary N) is 1. The molecule has 3 aliphatic rings. The van der Waals surface area contributed by atoms with Crippen LogP contribution in [0.2, 0.25) is 0 Å². The van der Waals surface area contributed by atoms with Gasteiger partial charge in [0.2, 0.25) is 0 Å². The molecular formula is C19H22F6N4O3. The second kappa shape index (κ2) is 7.37. The Kier molecular flexibility index (Phi) is 5.27. The summed E-state index contributed by atoms with van der Waals surface area (Å²) in [5.74, 6) is -9.32. The van der Waals surface area contributed by atoms with Crippen molar-refractivity contribution in [1.29, 1.82) is 0 Å². The van der Waals surface area contributed by atoms with Gasteiger partial charge in [-0.05, 0) is 31.7 Å². The van der Waals surface area contributed by atoms with Crippen molar-refractivity contribution in [2.24, 2.45) is 11.7 Å². The summed E-state index contributed by atoms with van der Waals surface area (Å²) in [6.07, 6.45) is -4.66. The van der Waals surface area contributed by atoms with E-state index in [1.807, 2.05) is 0 Å². The molecular weight excluding hydrogens is 446 g/mol. The third kappa shape index (κ3) is 3.36. The summed E-state index contributed by atoms with van der Waals surface area (Å²) in [7, 11) is 0. The van der Waals surface area contributed by atoms with Gasteiger partial charge in [-0.2, -0.15) is 22.0 Å². The zero-order valence-corrected chi connectivity index (χ0v) is 16.9. The third-order valence-electron chi connectivity index (χ3n) is 6.68. The first-order chi connectivity index (χ1) is 14.8. The highest BCUT2D eigenvalue weighted by Crippen LogP contribution is 2.46. The number of hydrogen-bond donors (Lipinski definition) is 3. The van der Waals surface area contributed by atoms with Crippen molar-refractivity contribution in [1.82, 2.24) is 14.5 Å². The predicted molar refractivity (Wildman–Crippen MR) is 101 cm³/mol. The Hall–Kier alpha value is -2.28. The van der Waals surface area contributed by atoms with Crippen LogP contribution in [-0.4, -0.2) is 56.8 Å². The summed E-state index contributed by atoms with van der Waals surface area (Å²) in [5, 5.41) is 10.4. The second-order valence-electron chi connectivity index (χ2n) is 8.74. The largest absolute Gasteiger partial charge is 0.504 e. The molecule has 4 rings (SSSR count). The van der Waals surface area contributed by atoms with Crippen molar-refractivity contribution in [2.45, 2.75) is 62.3 Å². The van der Waals surface area contributed by atoms with E-state index in [0.717, 1.165) is 0 Å². The van der Waals surface area contributed by atoms with Crippen LogP contribution in [0.3, 0.4) is 0 Å². The molecule has 0 bridgehead atoms. The van der Waals surface area contributed by atoms with Crippen molar-refractivity contribution in [3.8, 4) is 0 Å². The molecule has 2 fully saturated rings. The normalized spacial score (nSPS) is 28.2. The van der Waals surface area contributed by atoms with Gasteiger partial charge in [-0.15, -0.1) is 0 Å². The van der Waals surface area contributed by atoms with Crippen molar-refractivity contribution >= 4 is 5.76 Å². The second-order valence-corrected chi connectivity index (χ2v) is 8.74. The Labute approximate surface area is 177 Å². The van der Waals surface area contributed by atoms with Gasteiger partial charge >= 0.3 is 17.8 Å². The summed E-state index contributed by atoms with van der Waals surface area (Å²) >= 11 is 0. The number of aromatic amines is 1. The molecule has 2 aliphatic carbocycles. The lowest BCUT2D eigenvalue weighted by Crippen LogP contribution is -2.56. The number of alkyl halides is 5. The van der Waals surface area contributed by atoms with E-state index in [9.17, 15) is 36.6 Å². The van der Waals surface area contributed by atoms with Crippen LogP contribution in [0.25, 0.3) is 5.76 Å². The van der Waals surface area contributed by atoms with Crippen LogP contribution in [0.5, 0.6) is 0 Å². The summed E-state index contributed by atoms with van der Waals surface area (Å²) in [6, 6.07) is -3.99. The van der Waals surface area contributed by atoms with E-state index >= 15 is 4.39 Å². The van der Waals surface area contributed by atoms with Gasteiger partial charge in [-0.25, -0.2) is 9.18 Å². The molecule has 0 amide bonds. The highest BCUT2D eigenvalue weighted by molar-refractivity contribution is 5.66. The third-order valence-corrected chi connectivity index (χ3v) is 6.68. The summed E-state index contributed by atoms with van der Waals surface area (Å²) in [4.78, 5) is 28.1. The Bertz CT molecular complexity index is 1070. The SMILES string of the molecule is CC1c2c(c(=O)[nH]c(=O)n2C2CC2)C(O)=C(F)C1N1CCC(C(N)C(F)(F)C(F)(F)F)C1. The first kappa shape index (κ1) is 22.9. The van der Waals surface area contributed by atoms with Crippen LogP contribution in [0.4, 0.5) is 26.3 Å². The van der Waals surface area contributed by atoms with E-state index in [0.29, 0.717) is 12.8 Å². The number of aliphatic hydroxyl groups is 1. The standard InChI is InChI=1S/C19H22F6N4O3/c1-7-12-10(16(31)27-17(32)29(12)9-2-3-9)14(30)11(20)13(7)28-5-4-8(6-28)15(26)18(21,22)19(23,24)25/h7-9,13,15,30H,2-6,26H2,1H3,(H,27,31,32). The molecule has 7 nitrogen and oxygen atoms in total. The number of likely N-dealkylation sites (tertiary alicyclic amines) is 1. The van der Waals surface area contributed by atoms with Crippen LogP contribution in [-0.2, 0) is 0 Å². The summed E-state index contributed by atoms with van der Waals surface area (Å²) in [5.41, 5.74) is 3.38. The first-order valence-corrected chi connectivity index (χ1v) is 10.2. The minimum Gasteiger partial charge on any atom is -0.504 e. The van der Waals surface area contributed by atoms with E-state index in [2.05, 4.69) is 4.98 Å². The molecule has 1 saturated heterocycles. The number of aliphatic hydroxyl groups excluding tert-OH is 1. The van der Waals surface area contributed by atoms with Crippen LogP contribution >= 0.6 is 0 Å². The topological polar surface area (TPSA) is 104 Å². The van der Waals surface area contributed by atoms with Crippen molar-refractivity contribution in [2.75, 3.05) is 13.1 Å². The zero-order valence-electron chi connectivity index (χ0n) is 16.9. The van der Waals surface area contributed by atoms with Gasteiger partial charge in [-0.3, -0.25) is 19.2 Å². The lowest BCUT2D eigenvalue weighted by molar-refractivity contribution is -0.293. The molecule has 0 radical (unpaired) electrons. The van der Waals surface area contributed by atoms with E-state index < -0.39 is 58.9 Å². The molecule has 1 aromatic rings. The number of halogens is 6. The number of nitrogens with zero attached hydrogens (tertiary/aromatic N) is 2. The molecule has 2 heterocycles. The summed E-state index contributed by atoms with van der Waals surface area (Å²) < 4.78 is 82.1. The van der Waals surface area contributed by atoms with E-state index in [1.165, 1.54) is 16.4 Å². The molecule has 4 atom stereocenters. The number of rotatable bonds is 4.